The molecule has 0 radical (unpaired) electrons. The summed E-state index contributed by atoms with van der Waals surface area (Å²) in [5.41, 5.74) is 0.446. The summed E-state index contributed by atoms with van der Waals surface area (Å²) in [6, 6.07) is 0. The average molecular weight is 331 g/mol. The SMILES string of the molecule is C1CCCCCN=C(NC23CC4CC(CC(C4)C2)C3)CCCCC1. The Hall–Kier alpha value is -0.530. The number of nitrogens with one attached hydrogen (secondary N) is 1. The van der Waals surface area contributed by atoms with Gasteiger partial charge in [-0.3, -0.25) is 4.99 Å². The van der Waals surface area contributed by atoms with E-state index in [9.17, 15) is 0 Å². The summed E-state index contributed by atoms with van der Waals surface area (Å²) in [5.74, 6) is 4.47. The van der Waals surface area contributed by atoms with Crippen LogP contribution in [0, 0.1) is 17.8 Å². The van der Waals surface area contributed by atoms with Gasteiger partial charge in [0.25, 0.3) is 0 Å². The highest BCUT2D eigenvalue weighted by atomic mass is 15.1. The number of nitrogens with zero attached hydrogens (tertiary/aromatic N) is 1. The van der Waals surface area contributed by atoms with Crippen molar-refractivity contribution >= 4 is 5.84 Å². The summed E-state index contributed by atoms with van der Waals surface area (Å²) in [4.78, 5) is 5.07. The zero-order valence-electron chi connectivity index (χ0n) is 15.7. The van der Waals surface area contributed by atoms with Crippen molar-refractivity contribution in [1.29, 1.82) is 0 Å². The predicted octanol–water partition coefficient (Wildman–Crippen LogP) is 5.86. The van der Waals surface area contributed by atoms with Crippen molar-refractivity contribution in [2.45, 2.75) is 108 Å². The number of amidine groups is 1. The van der Waals surface area contributed by atoms with E-state index < -0.39 is 0 Å². The minimum absolute atomic E-state index is 0.446. The van der Waals surface area contributed by atoms with E-state index in [4.69, 9.17) is 4.99 Å². The standard InChI is InChI=1S/C22H38N2/c1-2-4-6-8-10-21(23-11-9-7-5-3-1)24-22-15-18-12-19(16-22)14-20(13-18)17-22/h18-20H,1-17H2,(H,23,24). The molecule has 4 bridgehead atoms. The summed E-state index contributed by atoms with van der Waals surface area (Å²) in [5, 5.41) is 4.08. The lowest BCUT2D eigenvalue weighted by Crippen LogP contribution is -2.59. The van der Waals surface area contributed by atoms with Gasteiger partial charge in [-0.1, -0.05) is 44.9 Å². The number of hydrogen-bond acceptors (Lipinski definition) is 2. The Morgan fingerprint density at radius 3 is 1.75 bits per heavy atom. The molecule has 0 aromatic carbocycles. The molecule has 4 fully saturated rings. The van der Waals surface area contributed by atoms with Crippen LogP contribution in [0.15, 0.2) is 4.99 Å². The summed E-state index contributed by atoms with van der Waals surface area (Å²) >= 11 is 0. The molecule has 2 heteroatoms. The normalized spacial score (nSPS) is 41.0. The first kappa shape index (κ1) is 16.9. The highest BCUT2D eigenvalue weighted by Crippen LogP contribution is 2.55. The number of aliphatic imine (C=N–C) groups is 1. The molecule has 4 aliphatic carbocycles. The van der Waals surface area contributed by atoms with Crippen LogP contribution in [0.25, 0.3) is 0 Å². The van der Waals surface area contributed by atoms with Crippen LogP contribution in [-0.4, -0.2) is 17.9 Å². The van der Waals surface area contributed by atoms with Crippen LogP contribution in [0.4, 0.5) is 0 Å². The molecule has 5 rings (SSSR count). The van der Waals surface area contributed by atoms with Crippen molar-refractivity contribution in [3.05, 3.63) is 0 Å². The van der Waals surface area contributed by atoms with Gasteiger partial charge >= 0.3 is 0 Å². The van der Waals surface area contributed by atoms with Crippen LogP contribution in [0.2, 0.25) is 0 Å². The van der Waals surface area contributed by atoms with E-state index in [1.165, 1.54) is 109 Å². The molecule has 0 unspecified atom stereocenters. The van der Waals surface area contributed by atoms with Crippen LogP contribution in [0.3, 0.4) is 0 Å². The molecule has 0 spiro atoms. The minimum atomic E-state index is 0.446. The van der Waals surface area contributed by atoms with Crippen LogP contribution in [-0.2, 0) is 0 Å². The van der Waals surface area contributed by atoms with Gasteiger partial charge in [0.1, 0.15) is 0 Å². The van der Waals surface area contributed by atoms with Crippen molar-refractivity contribution in [2.24, 2.45) is 22.7 Å². The Kier molecular flexibility index (Phi) is 5.49. The van der Waals surface area contributed by atoms with E-state index >= 15 is 0 Å². The summed E-state index contributed by atoms with van der Waals surface area (Å²) in [7, 11) is 0. The zero-order chi connectivity index (χ0) is 16.2. The van der Waals surface area contributed by atoms with E-state index in [1.54, 1.807) is 0 Å². The van der Waals surface area contributed by atoms with Gasteiger partial charge in [-0.25, -0.2) is 0 Å². The summed E-state index contributed by atoms with van der Waals surface area (Å²) in [6.07, 6.45) is 22.8. The third kappa shape index (κ3) is 4.17. The van der Waals surface area contributed by atoms with Gasteiger partial charge in [0.05, 0.1) is 5.84 Å². The maximum absolute atomic E-state index is 5.07. The van der Waals surface area contributed by atoms with E-state index in [-0.39, 0.29) is 0 Å². The maximum Gasteiger partial charge on any atom is 0.0967 e. The highest BCUT2D eigenvalue weighted by molar-refractivity contribution is 5.83. The largest absolute Gasteiger partial charge is 0.368 e. The third-order valence-corrected chi connectivity index (χ3v) is 7.32. The Bertz CT molecular complexity index is 404. The second-order valence-electron chi connectivity index (χ2n) is 9.58. The molecule has 4 saturated carbocycles. The average Bonchev–Trinajstić information content (AvgIpc) is 2.55. The van der Waals surface area contributed by atoms with Crippen molar-refractivity contribution in [3.63, 3.8) is 0 Å². The lowest BCUT2D eigenvalue weighted by molar-refractivity contribution is -0.0103. The first-order chi connectivity index (χ1) is 11.8. The molecule has 0 aromatic heterocycles. The molecule has 0 saturated heterocycles. The molecule has 1 heterocycles. The first-order valence-electron chi connectivity index (χ1n) is 11.1. The van der Waals surface area contributed by atoms with Gasteiger partial charge in [0.2, 0.25) is 0 Å². The van der Waals surface area contributed by atoms with E-state index in [2.05, 4.69) is 5.32 Å². The smallest absolute Gasteiger partial charge is 0.0967 e. The van der Waals surface area contributed by atoms with Crippen LogP contribution in [0.5, 0.6) is 0 Å². The van der Waals surface area contributed by atoms with Gasteiger partial charge in [0, 0.05) is 18.5 Å². The molecular formula is C22H38N2. The molecule has 136 valence electrons. The molecule has 5 aliphatic rings. The lowest BCUT2D eigenvalue weighted by atomic mass is 9.53. The fourth-order valence-corrected chi connectivity index (χ4v) is 6.61. The monoisotopic (exact) mass is 330 g/mol. The third-order valence-electron chi connectivity index (χ3n) is 7.32. The molecular weight excluding hydrogens is 292 g/mol. The van der Waals surface area contributed by atoms with E-state index in [0.29, 0.717) is 5.54 Å². The van der Waals surface area contributed by atoms with Crippen LogP contribution in [0.1, 0.15) is 103 Å². The van der Waals surface area contributed by atoms with Gasteiger partial charge in [-0.05, 0) is 69.1 Å². The number of rotatable bonds is 1. The Labute approximate surface area is 149 Å². The Morgan fingerprint density at radius 1 is 0.667 bits per heavy atom. The molecule has 0 atom stereocenters. The Morgan fingerprint density at radius 2 is 1.17 bits per heavy atom. The second kappa shape index (κ2) is 7.79. The fraction of sp³-hybridized carbons (Fsp3) is 0.955. The fourth-order valence-electron chi connectivity index (χ4n) is 6.61. The predicted molar refractivity (Wildman–Crippen MR) is 103 cm³/mol. The maximum atomic E-state index is 5.07. The summed E-state index contributed by atoms with van der Waals surface area (Å²) < 4.78 is 0. The second-order valence-corrected chi connectivity index (χ2v) is 9.58. The molecule has 0 amide bonds. The van der Waals surface area contributed by atoms with Crippen molar-refractivity contribution in [3.8, 4) is 0 Å². The van der Waals surface area contributed by atoms with Gasteiger partial charge in [-0.15, -0.1) is 0 Å². The van der Waals surface area contributed by atoms with Gasteiger partial charge in [-0.2, -0.15) is 0 Å². The van der Waals surface area contributed by atoms with E-state index in [1.807, 2.05) is 0 Å². The molecule has 24 heavy (non-hydrogen) atoms. The topological polar surface area (TPSA) is 24.4 Å². The minimum Gasteiger partial charge on any atom is -0.368 e. The lowest BCUT2D eigenvalue weighted by Gasteiger charge is -2.57. The summed E-state index contributed by atoms with van der Waals surface area (Å²) in [6.45, 7) is 1.06. The van der Waals surface area contributed by atoms with Crippen LogP contribution < -0.4 is 5.32 Å². The van der Waals surface area contributed by atoms with Crippen LogP contribution >= 0.6 is 0 Å². The van der Waals surface area contributed by atoms with Crippen molar-refractivity contribution in [1.82, 2.24) is 5.32 Å². The first-order valence-corrected chi connectivity index (χ1v) is 11.1. The van der Waals surface area contributed by atoms with E-state index in [0.717, 1.165) is 24.3 Å². The molecule has 1 aliphatic heterocycles. The quantitative estimate of drug-likeness (QED) is 0.640. The molecule has 0 aromatic rings. The highest BCUT2D eigenvalue weighted by Gasteiger charge is 2.51. The Balaban J connectivity index is 1.38. The molecule has 2 nitrogen and oxygen atoms in total. The van der Waals surface area contributed by atoms with Gasteiger partial charge in [0.15, 0.2) is 0 Å². The van der Waals surface area contributed by atoms with Crippen molar-refractivity contribution in [2.75, 3.05) is 6.54 Å². The number of hydrogen-bond donors (Lipinski definition) is 1. The van der Waals surface area contributed by atoms with Crippen molar-refractivity contribution < 1.29 is 0 Å². The van der Waals surface area contributed by atoms with Gasteiger partial charge < -0.3 is 5.32 Å². The molecule has 1 N–H and O–H groups in total. The zero-order valence-corrected chi connectivity index (χ0v) is 15.7.